The molecule has 0 saturated carbocycles. The van der Waals surface area contributed by atoms with Gasteiger partial charge in [-0.15, -0.1) is 0 Å². The van der Waals surface area contributed by atoms with Crippen molar-refractivity contribution >= 4 is 17.5 Å². The number of piperidine rings is 1. The van der Waals surface area contributed by atoms with Gasteiger partial charge in [-0.1, -0.05) is 12.1 Å². The Hall–Kier alpha value is -2.04. The summed E-state index contributed by atoms with van der Waals surface area (Å²) in [6.07, 6.45) is 2.85. The fraction of sp³-hybridized carbons (Fsp3) is 0.467. The molecule has 0 spiro atoms. The van der Waals surface area contributed by atoms with E-state index in [9.17, 15) is 9.59 Å². The van der Waals surface area contributed by atoms with E-state index in [1.165, 1.54) is 0 Å². The smallest absolute Gasteiger partial charge is 0.312 e. The van der Waals surface area contributed by atoms with Gasteiger partial charge in [-0.3, -0.25) is 9.59 Å². The van der Waals surface area contributed by atoms with Crippen LogP contribution in [0.2, 0.25) is 0 Å². The summed E-state index contributed by atoms with van der Waals surface area (Å²) in [7, 11) is 3.96. The molecule has 1 atom stereocenters. The number of nitrogens with two attached hydrogens (primary N) is 1. The average Bonchev–Trinajstić information content (AvgIpc) is 2.46. The highest BCUT2D eigenvalue weighted by atomic mass is 16.2. The van der Waals surface area contributed by atoms with E-state index in [2.05, 4.69) is 6.07 Å². The van der Waals surface area contributed by atoms with Crippen LogP contribution in [0.4, 0.5) is 5.69 Å². The molecule has 0 bridgehead atoms. The molecule has 0 radical (unpaired) electrons. The lowest BCUT2D eigenvalue weighted by Gasteiger charge is -2.35. The molecule has 1 fully saturated rings. The van der Waals surface area contributed by atoms with Gasteiger partial charge in [-0.25, -0.2) is 0 Å². The minimum Gasteiger partial charge on any atom is -0.378 e. The SMILES string of the molecule is CN(C)c1cccc(C2CCCCN2C(=O)C(N)=O)c1. The van der Waals surface area contributed by atoms with E-state index in [1.807, 2.05) is 37.2 Å². The molecule has 1 saturated heterocycles. The van der Waals surface area contributed by atoms with E-state index in [0.29, 0.717) is 6.54 Å². The Morgan fingerprint density at radius 2 is 2.05 bits per heavy atom. The van der Waals surface area contributed by atoms with Gasteiger partial charge in [0.15, 0.2) is 0 Å². The number of primary amides is 1. The largest absolute Gasteiger partial charge is 0.378 e. The zero-order chi connectivity index (χ0) is 14.7. The van der Waals surface area contributed by atoms with Crippen LogP contribution in [-0.2, 0) is 9.59 Å². The maximum absolute atomic E-state index is 11.9. The fourth-order valence-corrected chi connectivity index (χ4v) is 2.67. The van der Waals surface area contributed by atoms with Crippen LogP contribution >= 0.6 is 0 Å². The number of nitrogens with zero attached hydrogens (tertiary/aromatic N) is 2. The summed E-state index contributed by atoms with van der Waals surface area (Å²) in [6.45, 7) is 0.596. The van der Waals surface area contributed by atoms with Crippen molar-refractivity contribution in [3.63, 3.8) is 0 Å². The molecule has 2 amide bonds. The third kappa shape index (κ3) is 2.92. The zero-order valence-electron chi connectivity index (χ0n) is 12.0. The van der Waals surface area contributed by atoms with Crippen LogP contribution < -0.4 is 10.6 Å². The molecule has 1 aromatic carbocycles. The van der Waals surface area contributed by atoms with E-state index in [0.717, 1.165) is 30.5 Å². The van der Waals surface area contributed by atoms with Crippen LogP contribution in [0.5, 0.6) is 0 Å². The highest BCUT2D eigenvalue weighted by Crippen LogP contribution is 2.32. The first-order chi connectivity index (χ1) is 9.50. The number of carbonyl (C=O) groups is 2. The van der Waals surface area contributed by atoms with E-state index in [4.69, 9.17) is 5.73 Å². The molecule has 1 unspecified atom stereocenters. The minimum atomic E-state index is -0.874. The van der Waals surface area contributed by atoms with E-state index < -0.39 is 11.8 Å². The second-order valence-electron chi connectivity index (χ2n) is 5.36. The summed E-state index contributed by atoms with van der Waals surface area (Å²) in [4.78, 5) is 26.7. The predicted molar refractivity (Wildman–Crippen MR) is 78.3 cm³/mol. The number of benzene rings is 1. The van der Waals surface area contributed by atoms with E-state index in [1.54, 1.807) is 4.90 Å². The van der Waals surface area contributed by atoms with Crippen molar-refractivity contribution in [1.82, 2.24) is 4.90 Å². The number of anilines is 1. The lowest BCUT2D eigenvalue weighted by molar-refractivity contribution is -0.146. The van der Waals surface area contributed by atoms with Crippen molar-refractivity contribution in [2.75, 3.05) is 25.5 Å². The molecule has 2 rings (SSSR count). The minimum absolute atomic E-state index is 0.0522. The number of carbonyl (C=O) groups excluding carboxylic acids is 2. The molecular formula is C15H21N3O2. The molecule has 1 heterocycles. The summed E-state index contributed by atoms with van der Waals surface area (Å²) in [5.41, 5.74) is 7.29. The molecule has 1 aromatic rings. The summed E-state index contributed by atoms with van der Waals surface area (Å²) in [6, 6.07) is 8.02. The van der Waals surface area contributed by atoms with Crippen molar-refractivity contribution in [1.29, 1.82) is 0 Å². The molecule has 0 aromatic heterocycles. The van der Waals surface area contributed by atoms with Crippen molar-refractivity contribution in [3.05, 3.63) is 29.8 Å². The van der Waals surface area contributed by atoms with Gasteiger partial charge < -0.3 is 15.5 Å². The van der Waals surface area contributed by atoms with Crippen LogP contribution in [-0.4, -0.2) is 37.4 Å². The molecule has 1 aliphatic heterocycles. The Labute approximate surface area is 119 Å². The lowest BCUT2D eigenvalue weighted by Crippen LogP contribution is -2.44. The standard InChI is InChI=1S/C15H21N3O2/c1-17(2)12-7-5-6-11(10-12)13-8-3-4-9-18(13)15(20)14(16)19/h5-7,10,13H,3-4,8-9H2,1-2H3,(H2,16,19). The van der Waals surface area contributed by atoms with Gasteiger partial charge >= 0.3 is 11.8 Å². The molecule has 108 valence electrons. The lowest BCUT2D eigenvalue weighted by atomic mass is 9.94. The van der Waals surface area contributed by atoms with Gasteiger partial charge in [0.25, 0.3) is 0 Å². The second kappa shape index (κ2) is 5.94. The topological polar surface area (TPSA) is 66.6 Å². The van der Waals surface area contributed by atoms with Gasteiger partial charge in [0.2, 0.25) is 0 Å². The maximum Gasteiger partial charge on any atom is 0.312 e. The van der Waals surface area contributed by atoms with Crippen molar-refractivity contribution in [2.45, 2.75) is 25.3 Å². The second-order valence-corrected chi connectivity index (χ2v) is 5.36. The van der Waals surface area contributed by atoms with E-state index >= 15 is 0 Å². The molecule has 0 aliphatic carbocycles. The molecule has 5 heteroatoms. The normalized spacial score (nSPS) is 18.7. The maximum atomic E-state index is 11.9. The summed E-state index contributed by atoms with van der Waals surface area (Å²) in [5.74, 6) is -1.45. The number of hydrogen-bond donors (Lipinski definition) is 1. The number of rotatable bonds is 2. The Morgan fingerprint density at radius 3 is 2.70 bits per heavy atom. The third-order valence-electron chi connectivity index (χ3n) is 3.75. The summed E-state index contributed by atoms with van der Waals surface area (Å²) < 4.78 is 0. The van der Waals surface area contributed by atoms with Crippen molar-refractivity contribution in [3.8, 4) is 0 Å². The van der Waals surface area contributed by atoms with Crippen LogP contribution in [0.25, 0.3) is 0 Å². The van der Waals surface area contributed by atoms with Gasteiger partial charge in [-0.05, 0) is 37.0 Å². The zero-order valence-corrected chi connectivity index (χ0v) is 12.0. The Morgan fingerprint density at radius 1 is 1.30 bits per heavy atom. The first kappa shape index (κ1) is 14.4. The Bertz CT molecular complexity index is 514. The number of amides is 2. The first-order valence-corrected chi connectivity index (χ1v) is 6.88. The molecular weight excluding hydrogens is 254 g/mol. The van der Waals surface area contributed by atoms with Crippen molar-refractivity contribution in [2.24, 2.45) is 5.73 Å². The van der Waals surface area contributed by atoms with Gasteiger partial charge in [0.05, 0.1) is 6.04 Å². The van der Waals surface area contributed by atoms with Crippen LogP contribution in [0.1, 0.15) is 30.9 Å². The van der Waals surface area contributed by atoms with Crippen molar-refractivity contribution < 1.29 is 9.59 Å². The Balaban J connectivity index is 2.30. The van der Waals surface area contributed by atoms with Crippen LogP contribution in [0.15, 0.2) is 24.3 Å². The van der Waals surface area contributed by atoms with Crippen LogP contribution in [0.3, 0.4) is 0 Å². The Kier molecular flexibility index (Phi) is 4.27. The summed E-state index contributed by atoms with van der Waals surface area (Å²) in [5, 5.41) is 0. The summed E-state index contributed by atoms with van der Waals surface area (Å²) >= 11 is 0. The van der Waals surface area contributed by atoms with E-state index in [-0.39, 0.29) is 6.04 Å². The third-order valence-corrected chi connectivity index (χ3v) is 3.75. The highest BCUT2D eigenvalue weighted by molar-refractivity contribution is 6.34. The average molecular weight is 275 g/mol. The highest BCUT2D eigenvalue weighted by Gasteiger charge is 2.30. The fourth-order valence-electron chi connectivity index (χ4n) is 2.67. The van der Waals surface area contributed by atoms with Crippen LogP contribution in [0, 0.1) is 0 Å². The number of hydrogen-bond acceptors (Lipinski definition) is 3. The number of likely N-dealkylation sites (tertiary alicyclic amines) is 1. The molecule has 1 aliphatic rings. The molecule has 2 N–H and O–H groups in total. The van der Waals surface area contributed by atoms with Gasteiger partial charge in [-0.2, -0.15) is 0 Å². The predicted octanol–water partition coefficient (Wildman–Crippen LogP) is 1.29. The monoisotopic (exact) mass is 275 g/mol. The van der Waals surface area contributed by atoms with Gasteiger partial charge in [0, 0.05) is 26.3 Å². The molecule has 20 heavy (non-hydrogen) atoms. The molecule has 5 nitrogen and oxygen atoms in total. The quantitative estimate of drug-likeness (QED) is 0.827. The van der Waals surface area contributed by atoms with Gasteiger partial charge in [0.1, 0.15) is 0 Å². The first-order valence-electron chi connectivity index (χ1n) is 6.88.